The van der Waals surface area contributed by atoms with Gasteiger partial charge in [0.1, 0.15) is 23.2 Å². The van der Waals surface area contributed by atoms with Gasteiger partial charge in [0.2, 0.25) is 5.91 Å². The highest BCUT2D eigenvalue weighted by molar-refractivity contribution is 6.00. The zero-order chi connectivity index (χ0) is 28.2. The Morgan fingerprint density at radius 3 is 2.40 bits per heavy atom. The van der Waals surface area contributed by atoms with E-state index >= 15 is 0 Å². The Bertz CT molecular complexity index is 1440. The van der Waals surface area contributed by atoms with Gasteiger partial charge in [-0.15, -0.1) is 0 Å². The quantitative estimate of drug-likeness (QED) is 0.277. The Hall–Kier alpha value is -4.10. The molecule has 1 aliphatic heterocycles. The Kier molecular flexibility index (Phi) is 8.21. The van der Waals surface area contributed by atoms with E-state index in [9.17, 15) is 9.59 Å². The summed E-state index contributed by atoms with van der Waals surface area (Å²) in [6.07, 6.45) is 0.631. The highest BCUT2D eigenvalue weighted by Crippen LogP contribution is 2.35. The molecule has 0 bridgehead atoms. The molecule has 3 aromatic carbocycles. The maximum atomic E-state index is 13.8. The molecule has 2 amide bonds. The second-order valence-electron chi connectivity index (χ2n) is 10.9. The standard InChI is InChI=1S/C33H38N4O3/c1-22(2)36(23(3)4)19-17-34-32(38)31-28-15-14-27(40-26-11-6-5-7-12-26)20-24(28)16-18-37(31)33(39)30-21-25-10-8-9-13-29(25)35-30/h5-15,20-23,31,35H,16-19H2,1-4H3,(H,34,38). The number of amides is 2. The second kappa shape index (κ2) is 12.0. The van der Waals surface area contributed by atoms with Crippen LogP contribution in [0.2, 0.25) is 0 Å². The fourth-order valence-electron chi connectivity index (χ4n) is 5.65. The van der Waals surface area contributed by atoms with E-state index in [2.05, 4.69) is 42.9 Å². The third-order valence-electron chi connectivity index (χ3n) is 7.59. The number of carbonyl (C=O) groups excluding carboxylic acids is 2. The number of hydrogen-bond acceptors (Lipinski definition) is 4. The van der Waals surface area contributed by atoms with Crippen molar-refractivity contribution >= 4 is 22.7 Å². The molecule has 0 saturated carbocycles. The van der Waals surface area contributed by atoms with Crippen molar-refractivity contribution in [2.45, 2.75) is 52.2 Å². The predicted octanol–water partition coefficient (Wildman–Crippen LogP) is 5.93. The first kappa shape index (κ1) is 27.5. The monoisotopic (exact) mass is 538 g/mol. The number of fused-ring (bicyclic) bond motifs is 2. The van der Waals surface area contributed by atoms with Crippen LogP contribution in [0.3, 0.4) is 0 Å². The van der Waals surface area contributed by atoms with Crippen molar-refractivity contribution < 1.29 is 14.3 Å². The minimum Gasteiger partial charge on any atom is -0.457 e. The molecule has 1 aliphatic rings. The lowest BCUT2D eigenvalue weighted by atomic mass is 9.91. The van der Waals surface area contributed by atoms with Gasteiger partial charge in [0.15, 0.2) is 0 Å². The molecule has 2 heterocycles. The normalized spacial score (nSPS) is 15.1. The number of benzene rings is 3. The summed E-state index contributed by atoms with van der Waals surface area (Å²) in [5, 5.41) is 4.10. The molecule has 1 atom stereocenters. The molecular formula is C33H38N4O3. The lowest BCUT2D eigenvalue weighted by molar-refractivity contribution is -0.126. The van der Waals surface area contributed by atoms with Gasteiger partial charge in [0.05, 0.1) is 0 Å². The number of nitrogens with one attached hydrogen (secondary N) is 2. The number of hydrogen-bond donors (Lipinski definition) is 2. The van der Waals surface area contributed by atoms with Crippen LogP contribution in [0, 0.1) is 0 Å². The number of aromatic nitrogens is 1. The summed E-state index contributed by atoms with van der Waals surface area (Å²) in [5.41, 5.74) is 3.23. The van der Waals surface area contributed by atoms with Crippen molar-refractivity contribution in [1.82, 2.24) is 20.1 Å². The topological polar surface area (TPSA) is 77.7 Å². The summed E-state index contributed by atoms with van der Waals surface area (Å²) in [6, 6.07) is 25.1. The van der Waals surface area contributed by atoms with Gasteiger partial charge in [-0.05, 0) is 81.6 Å². The van der Waals surface area contributed by atoms with Crippen LogP contribution in [0.25, 0.3) is 10.9 Å². The first-order valence-corrected chi connectivity index (χ1v) is 14.1. The summed E-state index contributed by atoms with van der Waals surface area (Å²) >= 11 is 0. The van der Waals surface area contributed by atoms with Crippen LogP contribution < -0.4 is 10.1 Å². The number of rotatable bonds is 9. The highest BCUT2D eigenvalue weighted by Gasteiger charge is 2.37. The molecule has 2 N–H and O–H groups in total. The maximum Gasteiger partial charge on any atom is 0.271 e. The average molecular weight is 539 g/mol. The summed E-state index contributed by atoms with van der Waals surface area (Å²) in [5.74, 6) is 1.11. The molecule has 208 valence electrons. The Morgan fingerprint density at radius 1 is 0.950 bits per heavy atom. The molecule has 4 aromatic rings. The first-order valence-electron chi connectivity index (χ1n) is 14.1. The van der Waals surface area contributed by atoms with Gasteiger partial charge in [-0.3, -0.25) is 14.5 Å². The van der Waals surface area contributed by atoms with E-state index in [-0.39, 0.29) is 11.8 Å². The van der Waals surface area contributed by atoms with Gasteiger partial charge >= 0.3 is 0 Å². The first-order chi connectivity index (χ1) is 19.3. The number of H-pyrrole nitrogens is 1. The Balaban J connectivity index is 1.42. The third kappa shape index (κ3) is 5.89. The Labute approximate surface area is 236 Å². The number of carbonyl (C=O) groups is 2. The zero-order valence-corrected chi connectivity index (χ0v) is 23.7. The van der Waals surface area contributed by atoms with Crippen molar-refractivity contribution in [3.63, 3.8) is 0 Å². The lowest BCUT2D eigenvalue weighted by Gasteiger charge is -2.37. The number of aromatic amines is 1. The van der Waals surface area contributed by atoms with Gasteiger partial charge in [0.25, 0.3) is 5.91 Å². The van der Waals surface area contributed by atoms with E-state index in [1.54, 1.807) is 4.90 Å². The van der Waals surface area contributed by atoms with Crippen molar-refractivity contribution in [2.75, 3.05) is 19.6 Å². The van der Waals surface area contributed by atoms with Gasteiger partial charge in [-0.2, -0.15) is 0 Å². The van der Waals surface area contributed by atoms with Crippen molar-refractivity contribution in [3.8, 4) is 11.5 Å². The Morgan fingerprint density at radius 2 is 1.68 bits per heavy atom. The summed E-state index contributed by atoms with van der Waals surface area (Å²) < 4.78 is 6.06. The molecule has 0 saturated heterocycles. The molecule has 0 fully saturated rings. The summed E-state index contributed by atoms with van der Waals surface area (Å²) in [7, 11) is 0. The molecule has 0 spiro atoms. The minimum absolute atomic E-state index is 0.172. The maximum absolute atomic E-state index is 13.8. The highest BCUT2D eigenvalue weighted by atomic mass is 16.5. The van der Waals surface area contributed by atoms with E-state index in [0.717, 1.165) is 34.3 Å². The van der Waals surface area contributed by atoms with Gasteiger partial charge in [-0.25, -0.2) is 0 Å². The molecule has 1 aromatic heterocycles. The van der Waals surface area contributed by atoms with Gasteiger partial charge < -0.3 is 19.9 Å². The lowest BCUT2D eigenvalue weighted by Crippen LogP contribution is -2.49. The molecule has 0 radical (unpaired) electrons. The molecule has 0 aliphatic carbocycles. The van der Waals surface area contributed by atoms with Gasteiger partial charge in [0, 0.05) is 42.6 Å². The second-order valence-corrected chi connectivity index (χ2v) is 10.9. The zero-order valence-electron chi connectivity index (χ0n) is 23.7. The minimum atomic E-state index is -0.736. The van der Waals surface area contributed by atoms with Crippen LogP contribution in [0.15, 0.2) is 78.9 Å². The van der Waals surface area contributed by atoms with Crippen LogP contribution in [-0.4, -0.2) is 58.3 Å². The number of nitrogens with zero attached hydrogens (tertiary/aromatic N) is 2. The largest absolute Gasteiger partial charge is 0.457 e. The molecule has 1 unspecified atom stereocenters. The van der Waals surface area contributed by atoms with Crippen LogP contribution in [-0.2, 0) is 11.2 Å². The summed E-state index contributed by atoms with van der Waals surface area (Å²) in [6.45, 7) is 10.3. The van der Waals surface area contributed by atoms with E-state index in [0.29, 0.717) is 43.0 Å². The van der Waals surface area contributed by atoms with Crippen LogP contribution >= 0.6 is 0 Å². The average Bonchev–Trinajstić information content (AvgIpc) is 3.39. The van der Waals surface area contributed by atoms with E-state index < -0.39 is 6.04 Å². The van der Waals surface area contributed by atoms with E-state index in [1.165, 1.54) is 0 Å². The van der Waals surface area contributed by atoms with Crippen molar-refractivity contribution in [1.29, 1.82) is 0 Å². The predicted molar refractivity (Wildman–Crippen MR) is 159 cm³/mol. The van der Waals surface area contributed by atoms with Crippen molar-refractivity contribution in [3.05, 3.63) is 95.7 Å². The molecule has 7 nitrogen and oxygen atoms in total. The van der Waals surface area contributed by atoms with Crippen LogP contribution in [0.4, 0.5) is 0 Å². The van der Waals surface area contributed by atoms with Crippen LogP contribution in [0.5, 0.6) is 11.5 Å². The van der Waals surface area contributed by atoms with Gasteiger partial charge in [-0.1, -0.05) is 42.5 Å². The molecule has 7 heteroatoms. The SMILES string of the molecule is CC(C)N(CCNC(=O)C1c2ccc(Oc3ccccc3)cc2CCN1C(=O)c1cc2ccccc2[nH]1)C(C)C. The smallest absolute Gasteiger partial charge is 0.271 e. The fourth-order valence-corrected chi connectivity index (χ4v) is 5.65. The molecular weight excluding hydrogens is 500 g/mol. The van der Waals surface area contributed by atoms with E-state index in [1.807, 2.05) is 78.9 Å². The number of para-hydroxylation sites is 2. The molecule has 40 heavy (non-hydrogen) atoms. The van der Waals surface area contributed by atoms with E-state index in [4.69, 9.17) is 4.74 Å². The summed E-state index contributed by atoms with van der Waals surface area (Å²) in [4.78, 5) is 34.9. The fraction of sp³-hybridized carbons (Fsp3) is 0.333. The number of ether oxygens (including phenoxy) is 1. The third-order valence-corrected chi connectivity index (χ3v) is 7.59. The van der Waals surface area contributed by atoms with Crippen molar-refractivity contribution in [2.24, 2.45) is 0 Å². The molecule has 5 rings (SSSR count). The van der Waals surface area contributed by atoms with Crippen LogP contribution in [0.1, 0.15) is 55.4 Å².